The Hall–Kier alpha value is -2.93. The Bertz CT molecular complexity index is 967. The van der Waals surface area contributed by atoms with Crippen LogP contribution >= 0.6 is 15.9 Å². The van der Waals surface area contributed by atoms with E-state index in [0.717, 1.165) is 4.47 Å². The van der Waals surface area contributed by atoms with E-state index in [1.807, 2.05) is 0 Å². The zero-order valence-electron chi connectivity index (χ0n) is 13.7. The summed E-state index contributed by atoms with van der Waals surface area (Å²) in [6, 6.07) is 12.3. The minimum Gasteiger partial charge on any atom is -0.469 e. The monoisotopic (exact) mass is 416 g/mol. The first-order chi connectivity index (χ1) is 12.4. The van der Waals surface area contributed by atoms with E-state index < -0.39 is 11.7 Å². The van der Waals surface area contributed by atoms with Gasteiger partial charge in [0.05, 0.1) is 17.5 Å². The first kappa shape index (κ1) is 17.9. The molecule has 0 aliphatic rings. The minimum absolute atomic E-state index is 0.0378. The fourth-order valence-electron chi connectivity index (χ4n) is 2.31. The van der Waals surface area contributed by atoms with Gasteiger partial charge in [-0.1, -0.05) is 15.9 Å². The van der Waals surface area contributed by atoms with Crippen molar-refractivity contribution in [1.29, 1.82) is 0 Å². The van der Waals surface area contributed by atoms with Gasteiger partial charge < -0.3 is 15.1 Å². The van der Waals surface area contributed by atoms with Crippen molar-refractivity contribution in [1.82, 2.24) is 0 Å². The molecule has 0 bridgehead atoms. The number of aryl methyl sites for hydroxylation is 1. The van der Waals surface area contributed by atoms with Gasteiger partial charge in [-0.3, -0.25) is 9.59 Å². The van der Waals surface area contributed by atoms with Crippen molar-refractivity contribution in [2.45, 2.75) is 6.92 Å². The van der Waals surface area contributed by atoms with Crippen LogP contribution in [0.25, 0.3) is 0 Å². The SMILES string of the molecule is Cc1occc1C(=O)Nc1cc(NC(=O)c2ccc(Br)cc2)ccc1F. The molecule has 0 fully saturated rings. The van der Waals surface area contributed by atoms with E-state index in [0.29, 0.717) is 22.6 Å². The summed E-state index contributed by atoms with van der Waals surface area (Å²) in [6.07, 6.45) is 1.38. The fraction of sp³-hybridized carbons (Fsp3) is 0.0526. The second-order valence-electron chi connectivity index (χ2n) is 5.50. The Balaban J connectivity index is 1.77. The maximum Gasteiger partial charge on any atom is 0.259 e. The van der Waals surface area contributed by atoms with Crippen molar-refractivity contribution in [3.63, 3.8) is 0 Å². The molecule has 1 aromatic heterocycles. The van der Waals surface area contributed by atoms with E-state index in [-0.39, 0.29) is 11.6 Å². The van der Waals surface area contributed by atoms with Gasteiger partial charge in [-0.25, -0.2) is 4.39 Å². The molecule has 5 nitrogen and oxygen atoms in total. The molecule has 0 saturated carbocycles. The number of carbonyl (C=O) groups excluding carboxylic acids is 2. The zero-order valence-corrected chi connectivity index (χ0v) is 15.3. The number of hydrogen-bond acceptors (Lipinski definition) is 3. The maximum atomic E-state index is 14.0. The summed E-state index contributed by atoms with van der Waals surface area (Å²) < 4.78 is 20.0. The number of carbonyl (C=O) groups is 2. The average molecular weight is 417 g/mol. The van der Waals surface area contributed by atoms with Crippen LogP contribution in [0.2, 0.25) is 0 Å². The number of amides is 2. The van der Waals surface area contributed by atoms with Crippen molar-refractivity contribution in [2.24, 2.45) is 0 Å². The second-order valence-corrected chi connectivity index (χ2v) is 6.42. The van der Waals surface area contributed by atoms with Crippen LogP contribution in [0.1, 0.15) is 26.5 Å². The van der Waals surface area contributed by atoms with Gasteiger partial charge in [0.25, 0.3) is 11.8 Å². The standard InChI is InChI=1S/C19H14BrFN2O3/c1-11-15(8-9-26-11)19(25)23-17-10-14(6-7-16(17)21)22-18(24)12-2-4-13(20)5-3-12/h2-10H,1H3,(H,22,24)(H,23,25). The third kappa shape index (κ3) is 4.00. The van der Waals surface area contributed by atoms with Gasteiger partial charge in [0.1, 0.15) is 11.6 Å². The Kier molecular flexibility index (Phi) is 5.18. The largest absolute Gasteiger partial charge is 0.469 e. The van der Waals surface area contributed by atoms with Gasteiger partial charge >= 0.3 is 0 Å². The third-order valence-electron chi connectivity index (χ3n) is 3.68. The molecule has 0 unspecified atom stereocenters. The van der Waals surface area contributed by atoms with Crippen LogP contribution in [-0.2, 0) is 0 Å². The van der Waals surface area contributed by atoms with Crippen LogP contribution in [-0.4, -0.2) is 11.8 Å². The van der Waals surface area contributed by atoms with E-state index in [4.69, 9.17) is 4.42 Å². The Labute approximate surface area is 157 Å². The smallest absolute Gasteiger partial charge is 0.259 e. The highest BCUT2D eigenvalue weighted by Crippen LogP contribution is 2.22. The lowest BCUT2D eigenvalue weighted by atomic mass is 10.2. The van der Waals surface area contributed by atoms with Gasteiger partial charge in [-0.05, 0) is 55.5 Å². The summed E-state index contributed by atoms with van der Waals surface area (Å²) in [5.41, 5.74) is 1.09. The first-order valence-electron chi connectivity index (χ1n) is 7.66. The quantitative estimate of drug-likeness (QED) is 0.628. The van der Waals surface area contributed by atoms with Crippen LogP contribution in [0.15, 0.2) is 63.7 Å². The highest BCUT2D eigenvalue weighted by atomic mass is 79.9. The highest BCUT2D eigenvalue weighted by molar-refractivity contribution is 9.10. The molecule has 0 aliphatic heterocycles. The molecule has 3 rings (SSSR count). The van der Waals surface area contributed by atoms with E-state index in [9.17, 15) is 14.0 Å². The first-order valence-corrected chi connectivity index (χ1v) is 8.45. The topological polar surface area (TPSA) is 71.3 Å². The van der Waals surface area contributed by atoms with Crippen molar-refractivity contribution in [2.75, 3.05) is 10.6 Å². The zero-order chi connectivity index (χ0) is 18.7. The predicted molar refractivity (Wildman–Crippen MR) is 99.9 cm³/mol. The molecular weight excluding hydrogens is 403 g/mol. The second kappa shape index (κ2) is 7.53. The molecular formula is C19H14BrFN2O3. The van der Waals surface area contributed by atoms with Crippen LogP contribution in [0.5, 0.6) is 0 Å². The molecule has 132 valence electrons. The lowest BCUT2D eigenvalue weighted by Crippen LogP contribution is -2.15. The van der Waals surface area contributed by atoms with Gasteiger partial charge in [-0.15, -0.1) is 0 Å². The summed E-state index contributed by atoms with van der Waals surface area (Å²) in [6.45, 7) is 1.64. The van der Waals surface area contributed by atoms with Crippen molar-refractivity contribution in [3.05, 3.63) is 82.0 Å². The normalized spacial score (nSPS) is 10.4. The molecule has 26 heavy (non-hydrogen) atoms. The number of halogens is 2. The Morgan fingerprint density at radius 1 is 1.00 bits per heavy atom. The molecule has 0 spiro atoms. The Morgan fingerprint density at radius 3 is 2.38 bits per heavy atom. The summed E-state index contributed by atoms with van der Waals surface area (Å²) in [4.78, 5) is 24.5. The van der Waals surface area contributed by atoms with Crippen molar-refractivity contribution in [3.8, 4) is 0 Å². The molecule has 0 aliphatic carbocycles. The van der Waals surface area contributed by atoms with Crippen molar-refractivity contribution >= 4 is 39.1 Å². The molecule has 2 aromatic carbocycles. The van der Waals surface area contributed by atoms with Gasteiger partial charge in [-0.2, -0.15) is 0 Å². The molecule has 2 amide bonds. The summed E-state index contributed by atoms with van der Waals surface area (Å²) >= 11 is 3.30. The summed E-state index contributed by atoms with van der Waals surface area (Å²) in [5, 5.41) is 5.16. The van der Waals surface area contributed by atoms with E-state index in [2.05, 4.69) is 26.6 Å². The van der Waals surface area contributed by atoms with Crippen LogP contribution < -0.4 is 10.6 Å². The molecule has 1 heterocycles. The molecule has 7 heteroatoms. The van der Waals surface area contributed by atoms with E-state index in [1.165, 1.54) is 30.5 Å². The number of nitrogens with one attached hydrogen (secondary N) is 2. The maximum absolute atomic E-state index is 14.0. The minimum atomic E-state index is -0.610. The Morgan fingerprint density at radius 2 is 1.73 bits per heavy atom. The lowest BCUT2D eigenvalue weighted by molar-refractivity contribution is 0.101. The van der Waals surface area contributed by atoms with Crippen LogP contribution in [0.4, 0.5) is 15.8 Å². The number of furan rings is 1. The van der Waals surface area contributed by atoms with E-state index in [1.54, 1.807) is 31.2 Å². The van der Waals surface area contributed by atoms with Gasteiger partial charge in [0, 0.05) is 15.7 Å². The molecule has 0 radical (unpaired) electrons. The third-order valence-corrected chi connectivity index (χ3v) is 4.21. The predicted octanol–water partition coefficient (Wildman–Crippen LogP) is 4.99. The summed E-state index contributed by atoms with van der Waals surface area (Å²) in [5.74, 6) is -1.01. The molecule has 0 saturated heterocycles. The average Bonchev–Trinajstić information content (AvgIpc) is 3.04. The molecule has 2 N–H and O–H groups in total. The number of hydrogen-bond donors (Lipinski definition) is 2. The highest BCUT2D eigenvalue weighted by Gasteiger charge is 2.15. The molecule has 3 aromatic rings. The number of anilines is 2. The lowest BCUT2D eigenvalue weighted by Gasteiger charge is -2.10. The fourth-order valence-corrected chi connectivity index (χ4v) is 2.58. The van der Waals surface area contributed by atoms with E-state index >= 15 is 0 Å². The molecule has 0 atom stereocenters. The van der Waals surface area contributed by atoms with Gasteiger partial charge in [0.2, 0.25) is 0 Å². The van der Waals surface area contributed by atoms with Crippen LogP contribution in [0, 0.1) is 12.7 Å². The number of rotatable bonds is 4. The van der Waals surface area contributed by atoms with Crippen molar-refractivity contribution < 1.29 is 18.4 Å². The van der Waals surface area contributed by atoms with Crippen LogP contribution in [0.3, 0.4) is 0 Å². The number of benzene rings is 2. The van der Waals surface area contributed by atoms with Gasteiger partial charge in [0.15, 0.2) is 0 Å². The summed E-state index contributed by atoms with van der Waals surface area (Å²) in [7, 11) is 0.